The molecule has 8 heavy (non-hydrogen) atoms. The smallest absolute Gasteiger partial charge is 0.0815 e. The Morgan fingerprint density at radius 3 is 1.50 bits per heavy atom. The van der Waals surface area contributed by atoms with Crippen LogP contribution < -0.4 is 0 Å². The molecule has 0 aromatic heterocycles. The lowest BCUT2D eigenvalue weighted by Gasteiger charge is -2.24. The fourth-order valence-electron chi connectivity index (χ4n) is 0.469. The maximum Gasteiger partial charge on any atom is 0.0939 e. The zero-order valence-corrected chi connectivity index (χ0v) is 6.00. The van der Waals surface area contributed by atoms with Gasteiger partial charge in [-0.2, -0.15) is 0 Å². The van der Waals surface area contributed by atoms with E-state index in [2.05, 4.69) is 39.5 Å². The first kappa shape index (κ1) is 5.69. The van der Waals surface area contributed by atoms with Crippen molar-refractivity contribution in [3.63, 3.8) is 0 Å². The van der Waals surface area contributed by atoms with Crippen LogP contribution in [-0.4, -0.2) is 0 Å². The molecule has 0 spiro atoms. The fraction of sp³-hybridized carbons (Fsp3) is 0.750. The first-order chi connectivity index (χ1) is 3.46. The summed E-state index contributed by atoms with van der Waals surface area (Å²) in [6, 6.07) is 0. The molecule has 0 saturated carbocycles. The number of rotatable bonds is 0. The molecule has 44 valence electrons. The molecule has 0 aromatic rings. The van der Waals surface area contributed by atoms with Crippen molar-refractivity contribution in [1.29, 1.82) is 0 Å². The number of hydrogen-bond acceptors (Lipinski definition) is 0. The quantitative estimate of drug-likeness (QED) is 0.417. The molecule has 1 aliphatic rings. The molecule has 0 bridgehead atoms. The first-order valence-electron chi connectivity index (χ1n) is 3.00. The molecule has 0 N–H and O–H groups in total. The van der Waals surface area contributed by atoms with Gasteiger partial charge in [0.05, 0.1) is 5.41 Å². The second-order valence-electron chi connectivity index (χ2n) is 3.62. The van der Waals surface area contributed by atoms with E-state index in [1.54, 1.807) is 0 Å². The Morgan fingerprint density at radius 1 is 1.12 bits per heavy atom. The summed E-state index contributed by atoms with van der Waals surface area (Å²) in [6.45, 7) is 8.78. The molecule has 0 aliphatic heterocycles. The Morgan fingerprint density at radius 2 is 1.50 bits per heavy atom. The van der Waals surface area contributed by atoms with Crippen LogP contribution in [0.15, 0.2) is 0 Å². The standard InChI is InChI=1S/C8H12/c1-7(2,3)8(4)5-6-8/h1-4H3. The van der Waals surface area contributed by atoms with E-state index in [0.29, 0.717) is 5.41 Å². The molecule has 0 radical (unpaired) electrons. The zero-order valence-electron chi connectivity index (χ0n) is 6.00. The maximum atomic E-state index is 3.10. The van der Waals surface area contributed by atoms with Crippen molar-refractivity contribution >= 4 is 0 Å². The third-order valence-electron chi connectivity index (χ3n) is 2.00. The molecule has 0 aromatic carbocycles. The van der Waals surface area contributed by atoms with Gasteiger partial charge in [0.1, 0.15) is 0 Å². The highest BCUT2D eigenvalue weighted by atomic mass is 14.4. The highest BCUT2D eigenvalue weighted by Crippen LogP contribution is 2.43. The molecular weight excluding hydrogens is 96.1 g/mol. The van der Waals surface area contributed by atoms with Crippen molar-refractivity contribution in [2.24, 2.45) is 10.8 Å². The average Bonchev–Trinajstić information content (AvgIpc) is 2.16. The zero-order chi connectivity index (χ0) is 6.41. The molecule has 0 fully saturated rings. The van der Waals surface area contributed by atoms with Gasteiger partial charge in [-0.1, -0.05) is 32.6 Å². The van der Waals surface area contributed by atoms with Gasteiger partial charge in [-0.3, -0.25) is 0 Å². The SMILES string of the molecule is CC(C)(C)C1(C)C#C1. The molecule has 0 atom stereocenters. The second kappa shape index (κ2) is 1.10. The molecule has 0 heterocycles. The predicted octanol–water partition coefficient (Wildman–Crippen LogP) is 2.06. The van der Waals surface area contributed by atoms with Crippen molar-refractivity contribution in [1.82, 2.24) is 0 Å². The minimum Gasteiger partial charge on any atom is -0.0815 e. The van der Waals surface area contributed by atoms with Gasteiger partial charge < -0.3 is 0 Å². The van der Waals surface area contributed by atoms with E-state index in [1.165, 1.54) is 0 Å². The molecular formula is C8H12. The fourth-order valence-corrected chi connectivity index (χ4v) is 0.469. The third-order valence-corrected chi connectivity index (χ3v) is 2.00. The number of hydrogen-bond donors (Lipinski definition) is 0. The van der Waals surface area contributed by atoms with Crippen molar-refractivity contribution < 1.29 is 0 Å². The van der Waals surface area contributed by atoms with Crippen LogP contribution in [0.25, 0.3) is 0 Å². The minimum absolute atomic E-state index is 0.188. The summed E-state index contributed by atoms with van der Waals surface area (Å²) < 4.78 is 0. The molecule has 1 rings (SSSR count). The summed E-state index contributed by atoms with van der Waals surface area (Å²) in [6.07, 6.45) is 0. The van der Waals surface area contributed by atoms with Gasteiger partial charge in [-0.05, 0) is 12.3 Å². The molecule has 0 saturated heterocycles. The maximum absolute atomic E-state index is 3.10. The second-order valence-corrected chi connectivity index (χ2v) is 3.62. The highest BCUT2D eigenvalue weighted by Gasteiger charge is 2.40. The first-order valence-corrected chi connectivity index (χ1v) is 3.00. The molecule has 0 heteroatoms. The predicted molar refractivity (Wildman–Crippen MR) is 35.3 cm³/mol. The lowest BCUT2D eigenvalue weighted by molar-refractivity contribution is 0.276. The van der Waals surface area contributed by atoms with Crippen LogP contribution in [0, 0.1) is 22.7 Å². The van der Waals surface area contributed by atoms with Crippen LogP contribution in [0.5, 0.6) is 0 Å². The normalized spacial score (nSPS) is 21.5. The van der Waals surface area contributed by atoms with E-state index in [4.69, 9.17) is 0 Å². The van der Waals surface area contributed by atoms with E-state index < -0.39 is 0 Å². The lowest BCUT2D eigenvalue weighted by Crippen LogP contribution is -2.21. The molecule has 0 nitrogen and oxygen atoms in total. The summed E-state index contributed by atoms with van der Waals surface area (Å²) in [4.78, 5) is 0. The van der Waals surface area contributed by atoms with Crippen molar-refractivity contribution in [2.75, 3.05) is 0 Å². The Balaban J connectivity index is 2.61. The van der Waals surface area contributed by atoms with Gasteiger partial charge in [0.25, 0.3) is 0 Å². The van der Waals surface area contributed by atoms with Crippen molar-refractivity contribution in [3.8, 4) is 11.8 Å². The van der Waals surface area contributed by atoms with Gasteiger partial charge in [-0.15, -0.1) is 0 Å². The third kappa shape index (κ3) is 0.629. The summed E-state index contributed by atoms with van der Waals surface area (Å²) in [7, 11) is 0. The average molecular weight is 108 g/mol. The van der Waals surface area contributed by atoms with Crippen molar-refractivity contribution in [3.05, 3.63) is 0 Å². The van der Waals surface area contributed by atoms with Gasteiger partial charge in [0.2, 0.25) is 0 Å². The van der Waals surface area contributed by atoms with E-state index in [9.17, 15) is 0 Å². The molecule has 0 unspecified atom stereocenters. The highest BCUT2D eigenvalue weighted by molar-refractivity contribution is 5.41. The monoisotopic (exact) mass is 108 g/mol. The molecule has 1 aliphatic carbocycles. The topological polar surface area (TPSA) is 0 Å². The van der Waals surface area contributed by atoms with Gasteiger partial charge in [0, 0.05) is 0 Å². The molecule has 0 amide bonds. The van der Waals surface area contributed by atoms with Crippen LogP contribution in [0.2, 0.25) is 0 Å². The van der Waals surface area contributed by atoms with Gasteiger partial charge in [-0.25, -0.2) is 0 Å². The largest absolute Gasteiger partial charge is 0.0939 e. The minimum atomic E-state index is 0.188. The summed E-state index contributed by atoms with van der Waals surface area (Å²) in [5.74, 6) is 6.20. The van der Waals surface area contributed by atoms with Crippen LogP contribution in [0.1, 0.15) is 27.7 Å². The van der Waals surface area contributed by atoms with Crippen LogP contribution in [-0.2, 0) is 0 Å². The van der Waals surface area contributed by atoms with Crippen LogP contribution >= 0.6 is 0 Å². The van der Waals surface area contributed by atoms with Crippen LogP contribution in [0.3, 0.4) is 0 Å². The van der Waals surface area contributed by atoms with Gasteiger partial charge >= 0.3 is 0 Å². The Kier molecular flexibility index (Phi) is 0.785. The van der Waals surface area contributed by atoms with Crippen LogP contribution in [0.4, 0.5) is 0 Å². The summed E-state index contributed by atoms with van der Waals surface area (Å²) in [5.41, 5.74) is 0.514. The summed E-state index contributed by atoms with van der Waals surface area (Å²) >= 11 is 0. The van der Waals surface area contributed by atoms with E-state index >= 15 is 0 Å². The van der Waals surface area contributed by atoms with Crippen molar-refractivity contribution in [2.45, 2.75) is 27.7 Å². The Hall–Kier alpha value is -0.440. The summed E-state index contributed by atoms with van der Waals surface area (Å²) in [5, 5.41) is 0. The van der Waals surface area contributed by atoms with E-state index in [1.807, 2.05) is 0 Å². The van der Waals surface area contributed by atoms with Gasteiger partial charge in [0.15, 0.2) is 0 Å². The van der Waals surface area contributed by atoms with E-state index in [-0.39, 0.29) is 5.41 Å². The lowest BCUT2D eigenvalue weighted by atomic mass is 9.76. The Bertz CT molecular complexity index is 147. The Labute approximate surface area is 51.3 Å². The van der Waals surface area contributed by atoms with E-state index in [0.717, 1.165) is 0 Å².